The van der Waals surface area contributed by atoms with Gasteiger partial charge in [0.2, 0.25) is 0 Å². The number of rotatable bonds is 5. The standard InChI is InChI=1S/C17H14ClN3O2/c18-13-3-5-15-12(7-8-19-16(15)10-13)11-20-21-9-1-2-14(21)4-6-17(22)23/h1-10,20H,11H2,(H,22,23). The van der Waals surface area contributed by atoms with Crippen LogP contribution in [0.3, 0.4) is 0 Å². The maximum atomic E-state index is 10.6. The van der Waals surface area contributed by atoms with Gasteiger partial charge in [-0.1, -0.05) is 17.7 Å². The van der Waals surface area contributed by atoms with Gasteiger partial charge in [-0.25, -0.2) is 4.79 Å². The third-order valence-corrected chi connectivity index (χ3v) is 3.65. The average molecular weight is 328 g/mol. The second-order valence-electron chi connectivity index (χ2n) is 4.94. The Hall–Kier alpha value is -2.79. The Kier molecular flexibility index (Phi) is 4.30. The van der Waals surface area contributed by atoms with Crippen molar-refractivity contribution in [1.29, 1.82) is 0 Å². The normalized spacial score (nSPS) is 11.2. The molecule has 0 fully saturated rings. The fourth-order valence-corrected chi connectivity index (χ4v) is 2.50. The lowest BCUT2D eigenvalue weighted by Crippen LogP contribution is -2.14. The number of hydrogen-bond acceptors (Lipinski definition) is 3. The summed E-state index contributed by atoms with van der Waals surface area (Å²) in [6, 6.07) is 11.2. The molecule has 2 aromatic heterocycles. The first-order chi connectivity index (χ1) is 11.1. The third kappa shape index (κ3) is 3.52. The molecule has 2 N–H and O–H groups in total. The van der Waals surface area contributed by atoms with Crippen molar-refractivity contribution < 1.29 is 9.90 Å². The second kappa shape index (κ2) is 6.54. The van der Waals surface area contributed by atoms with Gasteiger partial charge in [0.15, 0.2) is 0 Å². The van der Waals surface area contributed by atoms with Crippen LogP contribution in [0, 0.1) is 0 Å². The van der Waals surface area contributed by atoms with E-state index in [0.717, 1.165) is 28.2 Å². The summed E-state index contributed by atoms with van der Waals surface area (Å²) < 4.78 is 1.78. The van der Waals surface area contributed by atoms with Crippen LogP contribution < -0.4 is 5.43 Å². The lowest BCUT2D eigenvalue weighted by Gasteiger charge is -2.12. The predicted molar refractivity (Wildman–Crippen MR) is 90.9 cm³/mol. The van der Waals surface area contributed by atoms with E-state index >= 15 is 0 Å². The molecule has 0 bridgehead atoms. The van der Waals surface area contributed by atoms with Crippen molar-refractivity contribution in [3.05, 3.63) is 71.1 Å². The van der Waals surface area contributed by atoms with E-state index in [1.54, 1.807) is 16.9 Å². The monoisotopic (exact) mass is 327 g/mol. The van der Waals surface area contributed by atoms with Crippen LogP contribution in [0.1, 0.15) is 11.3 Å². The van der Waals surface area contributed by atoms with E-state index < -0.39 is 5.97 Å². The van der Waals surface area contributed by atoms with E-state index in [-0.39, 0.29) is 0 Å². The van der Waals surface area contributed by atoms with Crippen molar-refractivity contribution in [3.63, 3.8) is 0 Å². The zero-order valence-electron chi connectivity index (χ0n) is 12.1. The molecule has 0 saturated carbocycles. The fraction of sp³-hybridized carbons (Fsp3) is 0.0588. The van der Waals surface area contributed by atoms with E-state index in [4.69, 9.17) is 16.7 Å². The molecule has 2 heterocycles. The van der Waals surface area contributed by atoms with Gasteiger partial charge in [0, 0.05) is 28.9 Å². The maximum absolute atomic E-state index is 10.6. The SMILES string of the molecule is O=C(O)C=Cc1cccn1NCc1ccnc2cc(Cl)ccc12. The number of carboxylic acids is 1. The van der Waals surface area contributed by atoms with E-state index in [1.165, 1.54) is 0 Å². The van der Waals surface area contributed by atoms with E-state index in [1.807, 2.05) is 42.6 Å². The molecule has 1 aromatic carbocycles. The number of carboxylic acid groups (broad SMARTS) is 1. The quantitative estimate of drug-likeness (QED) is 0.703. The smallest absolute Gasteiger partial charge is 0.328 e. The van der Waals surface area contributed by atoms with Crippen molar-refractivity contribution in [3.8, 4) is 0 Å². The lowest BCUT2D eigenvalue weighted by atomic mass is 10.1. The first-order valence-electron chi connectivity index (χ1n) is 6.99. The van der Waals surface area contributed by atoms with Crippen molar-refractivity contribution in [2.75, 3.05) is 5.43 Å². The van der Waals surface area contributed by atoms with Crippen molar-refractivity contribution >= 4 is 34.5 Å². The molecule has 5 nitrogen and oxygen atoms in total. The fourth-order valence-electron chi connectivity index (χ4n) is 2.34. The summed E-state index contributed by atoms with van der Waals surface area (Å²) in [6.07, 6.45) is 6.23. The van der Waals surface area contributed by atoms with Crippen LogP contribution >= 0.6 is 11.6 Å². The van der Waals surface area contributed by atoms with Gasteiger partial charge in [-0.3, -0.25) is 9.66 Å². The van der Waals surface area contributed by atoms with Crippen LogP contribution in [-0.4, -0.2) is 20.7 Å². The molecule has 23 heavy (non-hydrogen) atoms. The van der Waals surface area contributed by atoms with Crippen molar-refractivity contribution in [1.82, 2.24) is 9.66 Å². The summed E-state index contributed by atoms with van der Waals surface area (Å²) in [5.74, 6) is -0.977. The number of hydrogen-bond donors (Lipinski definition) is 2. The molecule has 0 aliphatic heterocycles. The number of benzene rings is 1. The third-order valence-electron chi connectivity index (χ3n) is 3.41. The van der Waals surface area contributed by atoms with Gasteiger partial charge in [0.05, 0.1) is 17.8 Å². The highest BCUT2D eigenvalue weighted by Gasteiger charge is 2.04. The lowest BCUT2D eigenvalue weighted by molar-refractivity contribution is -0.131. The molecule has 0 spiro atoms. The number of halogens is 1. The van der Waals surface area contributed by atoms with Gasteiger partial charge in [-0.15, -0.1) is 0 Å². The second-order valence-corrected chi connectivity index (χ2v) is 5.38. The van der Waals surface area contributed by atoms with Gasteiger partial charge in [-0.2, -0.15) is 0 Å². The highest BCUT2D eigenvalue weighted by atomic mass is 35.5. The zero-order chi connectivity index (χ0) is 16.2. The number of aliphatic carboxylic acids is 1. The van der Waals surface area contributed by atoms with Crippen LogP contribution in [0.4, 0.5) is 0 Å². The number of carbonyl (C=O) groups is 1. The Balaban J connectivity index is 1.82. The number of nitrogens with one attached hydrogen (secondary N) is 1. The molecule has 0 radical (unpaired) electrons. The molecule has 6 heteroatoms. The first-order valence-corrected chi connectivity index (χ1v) is 7.37. The minimum Gasteiger partial charge on any atom is -0.478 e. The minimum absolute atomic E-state index is 0.573. The number of aromatic nitrogens is 2. The average Bonchev–Trinajstić information content (AvgIpc) is 2.98. The Morgan fingerprint density at radius 3 is 3.04 bits per heavy atom. The van der Waals surface area contributed by atoms with Gasteiger partial charge in [0.1, 0.15) is 0 Å². The molecule has 0 amide bonds. The van der Waals surface area contributed by atoms with Gasteiger partial charge >= 0.3 is 5.97 Å². The number of nitrogens with zero attached hydrogens (tertiary/aromatic N) is 2. The molecule has 3 aromatic rings. The largest absolute Gasteiger partial charge is 0.478 e. The van der Waals surface area contributed by atoms with E-state index in [2.05, 4.69) is 10.4 Å². The summed E-state index contributed by atoms with van der Waals surface area (Å²) in [4.78, 5) is 14.9. The van der Waals surface area contributed by atoms with E-state index in [0.29, 0.717) is 11.6 Å². The Morgan fingerprint density at radius 2 is 2.22 bits per heavy atom. The van der Waals surface area contributed by atoms with Gasteiger partial charge in [0.25, 0.3) is 0 Å². The predicted octanol–water partition coefficient (Wildman–Crippen LogP) is 3.53. The minimum atomic E-state index is -0.977. The van der Waals surface area contributed by atoms with E-state index in [9.17, 15) is 4.79 Å². The molecular formula is C17H14ClN3O2. The summed E-state index contributed by atoms with van der Waals surface area (Å²) >= 11 is 6.00. The van der Waals surface area contributed by atoms with Crippen LogP contribution in [0.25, 0.3) is 17.0 Å². The van der Waals surface area contributed by atoms with Crippen LogP contribution in [0.15, 0.2) is 54.9 Å². The molecule has 3 rings (SSSR count). The molecular weight excluding hydrogens is 314 g/mol. The molecule has 0 saturated heterocycles. The molecule has 0 aliphatic carbocycles. The van der Waals surface area contributed by atoms with Crippen LogP contribution in [-0.2, 0) is 11.3 Å². The molecule has 0 unspecified atom stereocenters. The summed E-state index contributed by atoms with van der Waals surface area (Å²) in [5, 5.41) is 10.4. The van der Waals surface area contributed by atoms with Gasteiger partial charge < -0.3 is 10.5 Å². The Morgan fingerprint density at radius 1 is 1.35 bits per heavy atom. The van der Waals surface area contributed by atoms with Crippen LogP contribution in [0.2, 0.25) is 5.02 Å². The van der Waals surface area contributed by atoms with Gasteiger partial charge in [-0.05, 0) is 42.0 Å². The van der Waals surface area contributed by atoms with Crippen molar-refractivity contribution in [2.45, 2.75) is 6.54 Å². The maximum Gasteiger partial charge on any atom is 0.328 e. The summed E-state index contributed by atoms with van der Waals surface area (Å²) in [6.45, 7) is 0.573. The van der Waals surface area contributed by atoms with Crippen molar-refractivity contribution in [2.24, 2.45) is 0 Å². The number of fused-ring (bicyclic) bond motifs is 1. The summed E-state index contributed by atoms with van der Waals surface area (Å²) in [5.41, 5.74) is 5.93. The van der Waals surface area contributed by atoms with Crippen LogP contribution in [0.5, 0.6) is 0 Å². The number of pyridine rings is 1. The summed E-state index contributed by atoms with van der Waals surface area (Å²) in [7, 11) is 0. The first kappa shape index (κ1) is 15.1. The zero-order valence-corrected chi connectivity index (χ0v) is 12.9. The highest BCUT2D eigenvalue weighted by molar-refractivity contribution is 6.31. The molecule has 0 aliphatic rings. The Labute approximate surface area is 137 Å². The topological polar surface area (TPSA) is 67.2 Å². The molecule has 0 atom stereocenters. The Bertz CT molecular complexity index is 886. The molecule has 116 valence electrons. The highest BCUT2D eigenvalue weighted by Crippen LogP contribution is 2.21.